The number of aromatic nitrogens is 3. The molecule has 12 heteroatoms. The Kier molecular flexibility index (Phi) is 7.18. The number of benzene rings is 2. The first-order chi connectivity index (χ1) is 15.8. The number of nitro benzene ring substituents is 1. The van der Waals surface area contributed by atoms with Gasteiger partial charge in [0.05, 0.1) is 19.1 Å². The number of methoxy groups -OCH3 is 2. The molecule has 0 unspecified atom stereocenters. The molecule has 0 atom stereocenters. The van der Waals surface area contributed by atoms with Crippen molar-refractivity contribution < 1.29 is 29.4 Å². The smallest absolute Gasteiger partial charge is 0.342 e. The minimum atomic E-state index is -1.29. The standard InChI is InChI=1S/C21H20N4O7S/c1-4-24-19(13-8-15(31-2)11-16(9-13)32-3)22-23-21(24)33-18(20(27)28)10-12-7-14(25(29)30)5-6-17(12)26/h5-11,26H,4H2,1-3H3,(H,27,28)/b18-10-. The lowest BCUT2D eigenvalue weighted by molar-refractivity contribution is -0.384. The highest BCUT2D eigenvalue weighted by Gasteiger charge is 2.20. The number of carbonyl (C=O) groups is 1. The van der Waals surface area contributed by atoms with Crippen LogP contribution in [0.15, 0.2) is 46.5 Å². The lowest BCUT2D eigenvalue weighted by Gasteiger charge is -2.10. The summed E-state index contributed by atoms with van der Waals surface area (Å²) in [5.41, 5.74) is 0.374. The molecule has 0 amide bonds. The number of hydrogen-bond acceptors (Lipinski definition) is 9. The Bertz CT molecular complexity index is 1220. The monoisotopic (exact) mass is 472 g/mol. The van der Waals surface area contributed by atoms with E-state index in [4.69, 9.17) is 9.47 Å². The maximum atomic E-state index is 11.9. The predicted molar refractivity (Wildman–Crippen MR) is 120 cm³/mol. The normalized spacial score (nSPS) is 11.3. The number of hydrogen-bond donors (Lipinski definition) is 2. The summed E-state index contributed by atoms with van der Waals surface area (Å²) in [5.74, 6) is -0.00434. The summed E-state index contributed by atoms with van der Waals surface area (Å²) in [7, 11) is 3.05. The molecule has 1 aromatic heterocycles. The van der Waals surface area contributed by atoms with E-state index in [9.17, 15) is 25.1 Å². The molecule has 1 heterocycles. The van der Waals surface area contributed by atoms with Gasteiger partial charge in [-0.3, -0.25) is 10.1 Å². The Morgan fingerprint density at radius 3 is 2.39 bits per heavy atom. The first kappa shape index (κ1) is 23.6. The van der Waals surface area contributed by atoms with Crippen LogP contribution in [0.2, 0.25) is 0 Å². The van der Waals surface area contributed by atoms with Crippen LogP contribution in [0.25, 0.3) is 17.5 Å². The number of rotatable bonds is 9. The molecule has 0 spiro atoms. The first-order valence-corrected chi connectivity index (χ1v) is 10.4. The molecule has 0 saturated carbocycles. The van der Waals surface area contributed by atoms with Crippen molar-refractivity contribution in [3.05, 3.63) is 57.0 Å². The fraction of sp³-hybridized carbons (Fsp3) is 0.190. The summed E-state index contributed by atoms with van der Waals surface area (Å²) in [5, 5.41) is 39.4. The van der Waals surface area contributed by atoms with E-state index >= 15 is 0 Å². The average Bonchev–Trinajstić information content (AvgIpc) is 3.21. The SMILES string of the molecule is CCn1c(S/C(=C\c2cc([N+](=O)[O-])ccc2O)C(=O)O)nnc1-c1cc(OC)cc(OC)c1. The number of phenols is 1. The third-order valence-corrected chi connectivity index (χ3v) is 5.56. The van der Waals surface area contributed by atoms with Crippen LogP contribution in [0, 0.1) is 10.1 Å². The fourth-order valence-electron chi connectivity index (χ4n) is 2.94. The highest BCUT2D eigenvalue weighted by Crippen LogP contribution is 2.34. The number of ether oxygens (including phenoxy) is 2. The molecule has 0 fully saturated rings. The number of thioether (sulfide) groups is 1. The predicted octanol–water partition coefficient (Wildman–Crippen LogP) is 3.81. The molecule has 11 nitrogen and oxygen atoms in total. The van der Waals surface area contributed by atoms with Gasteiger partial charge in [-0.15, -0.1) is 10.2 Å². The van der Waals surface area contributed by atoms with Crippen molar-refractivity contribution in [1.82, 2.24) is 14.8 Å². The highest BCUT2D eigenvalue weighted by atomic mass is 32.2. The summed E-state index contributed by atoms with van der Waals surface area (Å²) >= 11 is 0.809. The Balaban J connectivity index is 2.03. The summed E-state index contributed by atoms with van der Waals surface area (Å²) in [4.78, 5) is 22.1. The van der Waals surface area contributed by atoms with Crippen molar-refractivity contribution >= 4 is 29.5 Å². The van der Waals surface area contributed by atoms with Gasteiger partial charge in [-0.1, -0.05) is 0 Å². The van der Waals surface area contributed by atoms with Gasteiger partial charge in [-0.05, 0) is 43.0 Å². The molecule has 3 rings (SSSR count). The number of nitrogens with zero attached hydrogens (tertiary/aromatic N) is 4. The Hall–Kier alpha value is -4.06. The number of aliphatic carboxylic acids is 1. The molecule has 0 saturated heterocycles. The van der Waals surface area contributed by atoms with Crippen LogP contribution in [-0.2, 0) is 11.3 Å². The van der Waals surface area contributed by atoms with E-state index in [0.29, 0.717) is 29.4 Å². The molecule has 0 bridgehead atoms. The topological polar surface area (TPSA) is 150 Å². The van der Waals surface area contributed by atoms with Crippen LogP contribution in [0.1, 0.15) is 12.5 Å². The molecule has 172 valence electrons. The van der Waals surface area contributed by atoms with E-state index in [-0.39, 0.29) is 27.1 Å². The molecule has 0 radical (unpaired) electrons. The number of aromatic hydroxyl groups is 1. The second-order valence-electron chi connectivity index (χ2n) is 6.57. The zero-order chi connectivity index (χ0) is 24.1. The zero-order valence-electron chi connectivity index (χ0n) is 17.9. The van der Waals surface area contributed by atoms with E-state index in [1.807, 2.05) is 6.92 Å². The molecule has 2 aromatic carbocycles. The quantitative estimate of drug-likeness (QED) is 0.204. The third-order valence-electron chi connectivity index (χ3n) is 4.56. The second-order valence-corrected chi connectivity index (χ2v) is 7.58. The molecule has 3 aromatic rings. The molecule has 0 aliphatic carbocycles. The van der Waals surface area contributed by atoms with Crippen molar-refractivity contribution in [3.8, 4) is 28.6 Å². The largest absolute Gasteiger partial charge is 0.507 e. The van der Waals surface area contributed by atoms with Crippen molar-refractivity contribution in [2.24, 2.45) is 0 Å². The van der Waals surface area contributed by atoms with Gasteiger partial charge in [0.25, 0.3) is 5.69 Å². The van der Waals surface area contributed by atoms with Crippen LogP contribution in [-0.4, -0.2) is 50.1 Å². The number of nitro groups is 1. The maximum Gasteiger partial charge on any atom is 0.342 e. The Morgan fingerprint density at radius 2 is 1.85 bits per heavy atom. The third kappa shape index (κ3) is 5.23. The van der Waals surface area contributed by atoms with Gasteiger partial charge in [0.2, 0.25) is 0 Å². The van der Waals surface area contributed by atoms with E-state index in [0.717, 1.165) is 36.0 Å². The van der Waals surface area contributed by atoms with Crippen molar-refractivity contribution in [3.63, 3.8) is 0 Å². The van der Waals surface area contributed by atoms with E-state index in [2.05, 4.69) is 10.2 Å². The summed E-state index contributed by atoms with van der Waals surface area (Å²) < 4.78 is 12.3. The van der Waals surface area contributed by atoms with Gasteiger partial charge < -0.3 is 24.3 Å². The Labute approximate surface area is 192 Å². The molecule has 0 aliphatic rings. The zero-order valence-corrected chi connectivity index (χ0v) is 18.7. The summed E-state index contributed by atoms with van der Waals surface area (Å²) in [6, 6.07) is 8.57. The number of phenolic OH excluding ortho intramolecular Hbond substituents is 1. The maximum absolute atomic E-state index is 11.9. The minimum absolute atomic E-state index is 0.00517. The van der Waals surface area contributed by atoms with E-state index < -0.39 is 10.9 Å². The Morgan fingerprint density at radius 1 is 1.18 bits per heavy atom. The van der Waals surface area contributed by atoms with Crippen LogP contribution >= 0.6 is 11.8 Å². The van der Waals surface area contributed by atoms with Crippen molar-refractivity contribution in [2.75, 3.05) is 14.2 Å². The van der Waals surface area contributed by atoms with Crippen LogP contribution in [0.4, 0.5) is 5.69 Å². The number of carboxylic acids is 1. The van der Waals surface area contributed by atoms with Gasteiger partial charge in [0.1, 0.15) is 22.2 Å². The first-order valence-electron chi connectivity index (χ1n) is 9.54. The molecule has 2 N–H and O–H groups in total. The van der Waals surface area contributed by atoms with Gasteiger partial charge >= 0.3 is 5.97 Å². The van der Waals surface area contributed by atoms with E-state index in [1.165, 1.54) is 14.2 Å². The minimum Gasteiger partial charge on any atom is -0.507 e. The highest BCUT2D eigenvalue weighted by molar-refractivity contribution is 8.04. The second kappa shape index (κ2) is 10.0. The van der Waals surface area contributed by atoms with Gasteiger partial charge in [0, 0.05) is 35.9 Å². The number of non-ortho nitro benzene ring substituents is 1. The van der Waals surface area contributed by atoms with Gasteiger partial charge in [0.15, 0.2) is 11.0 Å². The number of carboxylic acid groups (broad SMARTS) is 1. The van der Waals surface area contributed by atoms with Crippen molar-refractivity contribution in [2.45, 2.75) is 18.6 Å². The van der Waals surface area contributed by atoms with Crippen LogP contribution in [0.3, 0.4) is 0 Å². The van der Waals surface area contributed by atoms with Crippen molar-refractivity contribution in [1.29, 1.82) is 0 Å². The lowest BCUT2D eigenvalue weighted by Crippen LogP contribution is -2.03. The van der Waals surface area contributed by atoms with Gasteiger partial charge in [-0.25, -0.2) is 4.79 Å². The van der Waals surface area contributed by atoms with Crippen LogP contribution < -0.4 is 9.47 Å². The van der Waals surface area contributed by atoms with E-state index in [1.54, 1.807) is 22.8 Å². The molecular formula is C21H20N4O7S. The molecule has 0 aliphatic heterocycles. The summed E-state index contributed by atoms with van der Waals surface area (Å²) in [6.45, 7) is 2.28. The average molecular weight is 472 g/mol. The summed E-state index contributed by atoms with van der Waals surface area (Å²) in [6.07, 6.45) is 1.15. The fourth-order valence-corrected chi connectivity index (χ4v) is 3.82. The van der Waals surface area contributed by atoms with Gasteiger partial charge in [-0.2, -0.15) is 0 Å². The van der Waals surface area contributed by atoms with Crippen LogP contribution in [0.5, 0.6) is 17.2 Å². The molecular weight excluding hydrogens is 452 g/mol. The molecule has 33 heavy (non-hydrogen) atoms. The lowest BCUT2D eigenvalue weighted by atomic mass is 10.1.